The first kappa shape index (κ1) is 10.4. The lowest BCUT2D eigenvalue weighted by Crippen LogP contribution is -1.92. The molecule has 1 aliphatic rings. The molecule has 1 aromatic heterocycles. The number of fused-ring (bicyclic) bond motifs is 4. The van der Waals surface area contributed by atoms with Crippen LogP contribution in [-0.4, -0.2) is 18.9 Å². The summed E-state index contributed by atoms with van der Waals surface area (Å²) in [5, 5.41) is 4.28. The van der Waals surface area contributed by atoms with E-state index in [0.717, 1.165) is 38.8 Å². The summed E-state index contributed by atoms with van der Waals surface area (Å²) in [7, 11) is 1.66. The first-order chi connectivity index (χ1) is 9.36. The largest absolute Gasteiger partial charge is 0.494 e. The van der Waals surface area contributed by atoms with Gasteiger partial charge in [-0.25, -0.2) is 0 Å². The molecule has 19 heavy (non-hydrogen) atoms. The van der Waals surface area contributed by atoms with Crippen molar-refractivity contribution in [3.63, 3.8) is 0 Å². The summed E-state index contributed by atoms with van der Waals surface area (Å²) in [5.74, 6) is 2.33. The number of ether oxygens (including phenoxy) is 3. The number of benzene rings is 2. The normalized spacial score (nSPS) is 13.1. The standard InChI is InChI=1S/C15H11NO3/c1-17-14-7-16-6-10-3-2-9-4-12-13(19-8-18-12)5-11(9)15(10)14/h2-7H,8H2,1H3. The zero-order valence-electron chi connectivity index (χ0n) is 10.3. The van der Waals surface area contributed by atoms with Crippen LogP contribution in [0.4, 0.5) is 0 Å². The number of rotatable bonds is 1. The van der Waals surface area contributed by atoms with Crippen LogP contribution in [0.15, 0.2) is 36.7 Å². The summed E-state index contributed by atoms with van der Waals surface area (Å²) in [6, 6.07) is 8.09. The number of aromatic nitrogens is 1. The lowest BCUT2D eigenvalue weighted by Gasteiger charge is -2.09. The van der Waals surface area contributed by atoms with Crippen molar-refractivity contribution in [3.8, 4) is 17.2 Å². The van der Waals surface area contributed by atoms with E-state index < -0.39 is 0 Å². The summed E-state index contributed by atoms with van der Waals surface area (Å²) >= 11 is 0. The average molecular weight is 253 g/mol. The molecule has 4 heteroatoms. The van der Waals surface area contributed by atoms with Crippen molar-refractivity contribution in [2.45, 2.75) is 0 Å². The molecule has 0 saturated heterocycles. The van der Waals surface area contributed by atoms with Crippen LogP contribution in [0.3, 0.4) is 0 Å². The minimum absolute atomic E-state index is 0.280. The van der Waals surface area contributed by atoms with Gasteiger partial charge < -0.3 is 14.2 Å². The van der Waals surface area contributed by atoms with E-state index in [2.05, 4.69) is 11.1 Å². The van der Waals surface area contributed by atoms with E-state index in [0.29, 0.717) is 0 Å². The molecule has 1 aliphatic heterocycles. The van der Waals surface area contributed by atoms with E-state index in [1.807, 2.05) is 24.4 Å². The second-order valence-electron chi connectivity index (χ2n) is 4.43. The van der Waals surface area contributed by atoms with Crippen LogP contribution < -0.4 is 14.2 Å². The van der Waals surface area contributed by atoms with Gasteiger partial charge in [0.1, 0.15) is 5.75 Å². The van der Waals surface area contributed by atoms with Gasteiger partial charge >= 0.3 is 0 Å². The molecular weight excluding hydrogens is 242 g/mol. The van der Waals surface area contributed by atoms with E-state index in [1.165, 1.54) is 0 Å². The zero-order chi connectivity index (χ0) is 12.8. The Kier molecular flexibility index (Phi) is 2.06. The van der Waals surface area contributed by atoms with Gasteiger partial charge in [-0.2, -0.15) is 0 Å². The Balaban J connectivity index is 2.18. The van der Waals surface area contributed by atoms with Gasteiger partial charge in [0.15, 0.2) is 11.5 Å². The maximum Gasteiger partial charge on any atom is 0.231 e. The minimum Gasteiger partial charge on any atom is -0.494 e. The van der Waals surface area contributed by atoms with E-state index in [9.17, 15) is 0 Å². The number of nitrogens with zero attached hydrogens (tertiary/aromatic N) is 1. The fourth-order valence-electron chi connectivity index (χ4n) is 2.52. The Morgan fingerprint density at radius 2 is 1.84 bits per heavy atom. The van der Waals surface area contributed by atoms with Gasteiger partial charge in [-0.15, -0.1) is 0 Å². The van der Waals surface area contributed by atoms with Crippen molar-refractivity contribution in [2.24, 2.45) is 0 Å². The summed E-state index contributed by atoms with van der Waals surface area (Å²) in [4.78, 5) is 4.18. The maximum atomic E-state index is 5.45. The molecule has 0 saturated carbocycles. The van der Waals surface area contributed by atoms with Crippen LogP contribution in [0.5, 0.6) is 17.2 Å². The fraction of sp³-hybridized carbons (Fsp3) is 0.133. The number of hydrogen-bond donors (Lipinski definition) is 0. The SMILES string of the molecule is COc1cncc2ccc3cc4c(cc3c12)OCO4. The third-order valence-corrected chi connectivity index (χ3v) is 3.42. The van der Waals surface area contributed by atoms with Gasteiger partial charge in [-0.1, -0.05) is 12.1 Å². The van der Waals surface area contributed by atoms with Gasteiger partial charge in [0.05, 0.1) is 13.3 Å². The van der Waals surface area contributed by atoms with Gasteiger partial charge in [0.2, 0.25) is 6.79 Å². The zero-order valence-corrected chi connectivity index (χ0v) is 10.3. The molecule has 0 amide bonds. The quantitative estimate of drug-likeness (QED) is 0.625. The molecule has 2 heterocycles. The highest BCUT2D eigenvalue weighted by Gasteiger charge is 2.16. The first-order valence-corrected chi connectivity index (χ1v) is 6.01. The Morgan fingerprint density at radius 1 is 1.05 bits per heavy atom. The maximum absolute atomic E-state index is 5.45. The van der Waals surface area contributed by atoms with Gasteiger partial charge in [-0.3, -0.25) is 4.98 Å². The summed E-state index contributed by atoms with van der Waals surface area (Å²) < 4.78 is 16.3. The highest BCUT2D eigenvalue weighted by atomic mass is 16.7. The van der Waals surface area contributed by atoms with Crippen LogP contribution in [0.25, 0.3) is 21.5 Å². The molecule has 3 aromatic rings. The van der Waals surface area contributed by atoms with Crippen molar-refractivity contribution in [1.82, 2.24) is 4.98 Å². The molecule has 2 aromatic carbocycles. The molecule has 0 fully saturated rings. The average Bonchev–Trinajstić information content (AvgIpc) is 2.91. The highest BCUT2D eigenvalue weighted by Crippen LogP contribution is 2.40. The molecule has 4 rings (SSSR count). The van der Waals surface area contributed by atoms with Gasteiger partial charge in [0, 0.05) is 17.0 Å². The van der Waals surface area contributed by atoms with Crippen molar-refractivity contribution in [3.05, 3.63) is 36.7 Å². The van der Waals surface area contributed by atoms with E-state index in [4.69, 9.17) is 14.2 Å². The summed E-state index contributed by atoms with van der Waals surface area (Å²) in [6.07, 6.45) is 3.56. The summed E-state index contributed by atoms with van der Waals surface area (Å²) in [5.41, 5.74) is 0. The first-order valence-electron chi connectivity index (χ1n) is 6.01. The van der Waals surface area contributed by atoms with Gasteiger partial charge in [-0.05, 0) is 22.9 Å². The van der Waals surface area contributed by atoms with E-state index >= 15 is 0 Å². The molecular formula is C15H11NO3. The third kappa shape index (κ3) is 1.43. The van der Waals surface area contributed by atoms with Crippen molar-refractivity contribution < 1.29 is 14.2 Å². The Hall–Kier alpha value is -2.49. The minimum atomic E-state index is 0.280. The van der Waals surface area contributed by atoms with Gasteiger partial charge in [0.25, 0.3) is 0 Å². The van der Waals surface area contributed by atoms with Crippen molar-refractivity contribution >= 4 is 21.5 Å². The second-order valence-corrected chi connectivity index (χ2v) is 4.43. The van der Waals surface area contributed by atoms with Crippen LogP contribution in [0.2, 0.25) is 0 Å². The van der Waals surface area contributed by atoms with Crippen LogP contribution in [-0.2, 0) is 0 Å². The third-order valence-electron chi connectivity index (χ3n) is 3.42. The molecule has 0 radical (unpaired) electrons. The number of hydrogen-bond acceptors (Lipinski definition) is 4. The summed E-state index contributed by atoms with van der Waals surface area (Å²) in [6.45, 7) is 0.280. The van der Waals surface area contributed by atoms with Crippen molar-refractivity contribution in [2.75, 3.05) is 13.9 Å². The molecule has 4 nitrogen and oxygen atoms in total. The van der Waals surface area contributed by atoms with Crippen LogP contribution >= 0.6 is 0 Å². The molecule has 94 valence electrons. The predicted octanol–water partition coefficient (Wildman–Crippen LogP) is 3.13. The highest BCUT2D eigenvalue weighted by molar-refractivity contribution is 6.11. The van der Waals surface area contributed by atoms with E-state index in [-0.39, 0.29) is 6.79 Å². The topological polar surface area (TPSA) is 40.6 Å². The fourth-order valence-corrected chi connectivity index (χ4v) is 2.52. The van der Waals surface area contributed by atoms with Crippen LogP contribution in [0, 0.1) is 0 Å². The van der Waals surface area contributed by atoms with Crippen molar-refractivity contribution in [1.29, 1.82) is 0 Å². The molecule has 0 unspecified atom stereocenters. The predicted molar refractivity (Wildman–Crippen MR) is 71.9 cm³/mol. The molecule has 0 bridgehead atoms. The Bertz CT molecular complexity index is 798. The molecule has 0 atom stereocenters. The lowest BCUT2D eigenvalue weighted by atomic mass is 10.0. The lowest BCUT2D eigenvalue weighted by molar-refractivity contribution is 0.174. The van der Waals surface area contributed by atoms with E-state index in [1.54, 1.807) is 13.3 Å². The molecule has 0 N–H and O–H groups in total. The second kappa shape index (κ2) is 3.75. The number of methoxy groups -OCH3 is 1. The smallest absolute Gasteiger partial charge is 0.231 e. The van der Waals surface area contributed by atoms with Crippen LogP contribution in [0.1, 0.15) is 0 Å². The Labute approximate surface area is 109 Å². The molecule has 0 aliphatic carbocycles. The number of pyridine rings is 1. The monoisotopic (exact) mass is 253 g/mol. The Morgan fingerprint density at radius 3 is 2.68 bits per heavy atom. The molecule has 0 spiro atoms.